The lowest BCUT2D eigenvalue weighted by atomic mass is 10.0. The molecule has 1 aliphatic heterocycles. The number of aliphatic hydroxyl groups excluding tert-OH is 2. The monoisotopic (exact) mass is 426 g/mol. The molecule has 0 saturated carbocycles. The zero-order chi connectivity index (χ0) is 22.4. The highest BCUT2D eigenvalue weighted by Gasteiger charge is 2.43. The van der Waals surface area contributed by atoms with Crippen LogP contribution in [-0.2, 0) is 16.0 Å². The van der Waals surface area contributed by atoms with Crippen LogP contribution >= 0.6 is 0 Å². The van der Waals surface area contributed by atoms with Crippen LogP contribution in [0.3, 0.4) is 0 Å². The van der Waals surface area contributed by atoms with Crippen molar-refractivity contribution in [2.24, 2.45) is 0 Å². The number of amides is 2. The topological polar surface area (TPSA) is 107 Å². The van der Waals surface area contributed by atoms with Gasteiger partial charge in [-0.25, -0.2) is 4.79 Å². The molecule has 0 aliphatic carbocycles. The second-order valence-electron chi connectivity index (χ2n) is 7.10. The van der Waals surface area contributed by atoms with E-state index in [0.717, 1.165) is 16.2 Å². The summed E-state index contributed by atoms with van der Waals surface area (Å²) in [5.74, 6) is -1.65. The van der Waals surface area contributed by atoms with Gasteiger partial charge in [-0.05, 0) is 36.8 Å². The van der Waals surface area contributed by atoms with E-state index < -0.39 is 23.8 Å². The van der Waals surface area contributed by atoms with E-state index >= 15 is 0 Å². The van der Waals surface area contributed by atoms with Crippen LogP contribution in [0.4, 0.5) is 5.69 Å². The SMILES string of the molecule is CCOC(=O)[C@H](Cc1ccc(N(CCO)CCO)cc1)N1C(=O)c2ccccc2C1=O. The highest BCUT2D eigenvalue weighted by atomic mass is 16.5. The van der Waals surface area contributed by atoms with Crippen molar-refractivity contribution >= 4 is 23.5 Å². The zero-order valence-corrected chi connectivity index (χ0v) is 17.4. The molecule has 0 fully saturated rings. The Balaban J connectivity index is 1.85. The summed E-state index contributed by atoms with van der Waals surface area (Å²) in [6.45, 7) is 2.46. The molecule has 0 aromatic heterocycles. The van der Waals surface area contributed by atoms with Crippen LogP contribution in [0.1, 0.15) is 33.2 Å². The second kappa shape index (κ2) is 10.2. The van der Waals surface area contributed by atoms with Gasteiger partial charge in [0.25, 0.3) is 11.8 Å². The average molecular weight is 426 g/mol. The molecule has 0 bridgehead atoms. The van der Waals surface area contributed by atoms with Crippen molar-refractivity contribution in [2.75, 3.05) is 37.8 Å². The second-order valence-corrected chi connectivity index (χ2v) is 7.10. The maximum Gasteiger partial charge on any atom is 0.329 e. The van der Waals surface area contributed by atoms with Crippen molar-refractivity contribution in [2.45, 2.75) is 19.4 Å². The number of anilines is 1. The minimum Gasteiger partial charge on any atom is -0.464 e. The van der Waals surface area contributed by atoms with Gasteiger partial charge >= 0.3 is 5.97 Å². The fraction of sp³-hybridized carbons (Fsp3) is 0.348. The van der Waals surface area contributed by atoms with Crippen molar-refractivity contribution in [1.82, 2.24) is 4.90 Å². The first-order chi connectivity index (χ1) is 15.0. The van der Waals surface area contributed by atoms with Crippen molar-refractivity contribution in [1.29, 1.82) is 0 Å². The molecular weight excluding hydrogens is 400 g/mol. The van der Waals surface area contributed by atoms with Gasteiger partial charge in [0.15, 0.2) is 0 Å². The number of ether oxygens (including phenoxy) is 1. The summed E-state index contributed by atoms with van der Waals surface area (Å²) in [5, 5.41) is 18.4. The van der Waals surface area contributed by atoms with Gasteiger partial charge in [0, 0.05) is 25.2 Å². The summed E-state index contributed by atoms with van der Waals surface area (Å²) in [6.07, 6.45) is 0.116. The van der Waals surface area contributed by atoms with E-state index in [-0.39, 0.29) is 37.4 Å². The molecular formula is C23H26N2O6. The summed E-state index contributed by atoms with van der Waals surface area (Å²) in [5.41, 5.74) is 2.10. The molecule has 1 atom stereocenters. The van der Waals surface area contributed by atoms with Crippen LogP contribution in [0.25, 0.3) is 0 Å². The van der Waals surface area contributed by atoms with Crippen molar-refractivity contribution in [3.8, 4) is 0 Å². The average Bonchev–Trinajstić information content (AvgIpc) is 3.03. The number of aliphatic hydroxyl groups is 2. The first kappa shape index (κ1) is 22.5. The number of carbonyl (C=O) groups excluding carboxylic acids is 3. The van der Waals surface area contributed by atoms with E-state index in [9.17, 15) is 24.6 Å². The number of fused-ring (bicyclic) bond motifs is 1. The lowest BCUT2D eigenvalue weighted by molar-refractivity contribution is -0.147. The van der Waals surface area contributed by atoms with E-state index in [1.807, 2.05) is 17.0 Å². The third kappa shape index (κ3) is 4.76. The number of esters is 1. The van der Waals surface area contributed by atoms with Crippen LogP contribution in [0.15, 0.2) is 48.5 Å². The molecule has 31 heavy (non-hydrogen) atoms. The van der Waals surface area contributed by atoms with Crippen LogP contribution in [0.5, 0.6) is 0 Å². The number of imide groups is 1. The van der Waals surface area contributed by atoms with Crippen LogP contribution in [0, 0.1) is 0 Å². The normalized spacial score (nSPS) is 13.8. The minimum atomic E-state index is -1.08. The standard InChI is InChI=1S/C23H26N2O6/c1-2-31-23(30)20(25-21(28)18-5-3-4-6-19(18)22(25)29)15-16-7-9-17(10-8-16)24(11-13-26)12-14-27/h3-10,20,26-27H,2,11-15H2,1H3/t20-/m0/s1. The molecule has 164 valence electrons. The molecule has 2 aromatic rings. The maximum atomic E-state index is 12.9. The zero-order valence-electron chi connectivity index (χ0n) is 17.4. The maximum absolute atomic E-state index is 12.9. The third-order valence-electron chi connectivity index (χ3n) is 5.17. The Morgan fingerprint density at radius 3 is 2.00 bits per heavy atom. The summed E-state index contributed by atoms with van der Waals surface area (Å²) in [7, 11) is 0. The van der Waals surface area contributed by atoms with Crippen molar-refractivity contribution in [3.63, 3.8) is 0 Å². The molecule has 2 aromatic carbocycles. The predicted molar refractivity (Wildman–Crippen MR) is 114 cm³/mol. The van der Waals surface area contributed by atoms with Gasteiger partial charge in [0.05, 0.1) is 30.9 Å². The summed E-state index contributed by atoms with van der Waals surface area (Å²) < 4.78 is 5.16. The van der Waals surface area contributed by atoms with Crippen molar-refractivity contribution < 1.29 is 29.3 Å². The van der Waals surface area contributed by atoms with E-state index in [0.29, 0.717) is 13.1 Å². The number of benzene rings is 2. The Hall–Kier alpha value is -3.23. The molecule has 8 heteroatoms. The van der Waals surface area contributed by atoms with Gasteiger partial charge in [-0.2, -0.15) is 0 Å². The Morgan fingerprint density at radius 2 is 1.52 bits per heavy atom. The van der Waals surface area contributed by atoms with E-state index in [1.165, 1.54) is 0 Å². The third-order valence-corrected chi connectivity index (χ3v) is 5.17. The summed E-state index contributed by atoms with van der Waals surface area (Å²) in [6, 6.07) is 12.6. The van der Waals surface area contributed by atoms with Gasteiger partial charge in [0.1, 0.15) is 6.04 Å². The van der Waals surface area contributed by atoms with Crippen molar-refractivity contribution in [3.05, 3.63) is 65.2 Å². The first-order valence-electron chi connectivity index (χ1n) is 10.2. The number of carbonyl (C=O) groups is 3. The Labute approximate surface area is 180 Å². The fourth-order valence-corrected chi connectivity index (χ4v) is 3.69. The number of rotatable bonds is 10. The molecule has 0 radical (unpaired) electrons. The Bertz CT molecular complexity index is 902. The molecule has 1 heterocycles. The van der Waals surface area contributed by atoms with Gasteiger partial charge in [-0.3, -0.25) is 14.5 Å². The molecule has 2 N–H and O–H groups in total. The van der Waals surface area contributed by atoms with Gasteiger partial charge in [0.2, 0.25) is 0 Å². The quantitative estimate of drug-likeness (QED) is 0.435. The summed E-state index contributed by atoms with van der Waals surface area (Å²) in [4.78, 5) is 41.3. The first-order valence-corrected chi connectivity index (χ1v) is 10.2. The van der Waals surface area contributed by atoms with E-state index in [1.54, 1.807) is 43.3 Å². The summed E-state index contributed by atoms with van der Waals surface area (Å²) >= 11 is 0. The van der Waals surface area contributed by atoms with Crippen LogP contribution in [0.2, 0.25) is 0 Å². The van der Waals surface area contributed by atoms with E-state index in [2.05, 4.69) is 0 Å². The molecule has 0 unspecified atom stereocenters. The van der Waals surface area contributed by atoms with Crippen LogP contribution < -0.4 is 4.90 Å². The smallest absolute Gasteiger partial charge is 0.329 e. The van der Waals surface area contributed by atoms with E-state index in [4.69, 9.17) is 4.74 Å². The molecule has 3 rings (SSSR count). The number of hydrogen-bond donors (Lipinski definition) is 2. The molecule has 2 amide bonds. The van der Waals surface area contributed by atoms with Crippen LogP contribution in [-0.4, -0.2) is 71.8 Å². The van der Waals surface area contributed by atoms with Gasteiger partial charge in [-0.15, -0.1) is 0 Å². The highest BCUT2D eigenvalue weighted by Crippen LogP contribution is 2.27. The largest absolute Gasteiger partial charge is 0.464 e. The highest BCUT2D eigenvalue weighted by molar-refractivity contribution is 6.22. The van der Waals surface area contributed by atoms with Gasteiger partial charge in [-0.1, -0.05) is 24.3 Å². The Kier molecular flexibility index (Phi) is 7.38. The lowest BCUT2D eigenvalue weighted by Crippen LogP contribution is -2.47. The molecule has 8 nitrogen and oxygen atoms in total. The minimum absolute atomic E-state index is 0.0492. The number of hydrogen-bond acceptors (Lipinski definition) is 7. The molecule has 0 saturated heterocycles. The number of nitrogens with zero attached hydrogens (tertiary/aromatic N) is 2. The fourth-order valence-electron chi connectivity index (χ4n) is 3.69. The van der Waals surface area contributed by atoms with Gasteiger partial charge < -0.3 is 19.8 Å². The lowest BCUT2D eigenvalue weighted by Gasteiger charge is -2.25. The Morgan fingerprint density at radius 1 is 0.968 bits per heavy atom. The molecule has 0 spiro atoms. The predicted octanol–water partition coefficient (Wildman–Crippen LogP) is 1.25. The molecule has 1 aliphatic rings.